The molecule has 0 unspecified atom stereocenters. The van der Waals surface area contributed by atoms with E-state index in [1.54, 1.807) is 30.5 Å². The van der Waals surface area contributed by atoms with E-state index in [0.717, 1.165) is 5.56 Å². The summed E-state index contributed by atoms with van der Waals surface area (Å²) in [4.78, 5) is 16.6. The van der Waals surface area contributed by atoms with Gasteiger partial charge in [-0.1, -0.05) is 47.1 Å². The molecule has 2 aromatic carbocycles. The average Bonchev–Trinajstić information content (AvgIpc) is 3.06. The highest BCUT2D eigenvalue weighted by Gasteiger charge is 2.12. The number of benzene rings is 2. The fourth-order valence-corrected chi connectivity index (χ4v) is 3.45. The van der Waals surface area contributed by atoms with Crippen LogP contribution in [0, 0.1) is 0 Å². The van der Waals surface area contributed by atoms with Gasteiger partial charge in [-0.15, -0.1) is 0 Å². The number of carbonyl (C=O) groups excluding carboxylic acids is 1. The minimum absolute atomic E-state index is 0.145. The third-order valence-corrected chi connectivity index (χ3v) is 5.17. The fraction of sp³-hybridized carbons (Fsp3) is 0.158. The molecule has 27 heavy (non-hydrogen) atoms. The Balaban J connectivity index is 1.64. The number of carbonyl (C=O) groups is 1. The lowest BCUT2D eigenvalue weighted by atomic mass is 10.2. The molecule has 3 rings (SSSR count). The number of halogens is 2. The highest BCUT2D eigenvalue weighted by atomic mass is 35.5. The number of nitrogens with one attached hydrogen (secondary N) is 1. The number of hydrogen-bond donors (Lipinski definition) is 2. The van der Waals surface area contributed by atoms with Crippen LogP contribution in [0.15, 0.2) is 59.9 Å². The first-order valence-electron chi connectivity index (χ1n) is 8.13. The van der Waals surface area contributed by atoms with Crippen LogP contribution >= 0.6 is 35.0 Å². The highest BCUT2D eigenvalue weighted by Crippen LogP contribution is 2.21. The lowest BCUT2D eigenvalue weighted by Gasteiger charge is -2.08. The van der Waals surface area contributed by atoms with Crippen LogP contribution in [0.5, 0.6) is 0 Å². The Bertz CT molecular complexity index is 912. The number of aliphatic hydroxyl groups is 1. The first kappa shape index (κ1) is 19.8. The first-order valence-corrected chi connectivity index (χ1v) is 9.87. The number of imidazole rings is 1. The zero-order chi connectivity index (χ0) is 19.2. The molecule has 0 bridgehead atoms. The average molecular weight is 422 g/mol. The number of aromatic nitrogens is 2. The summed E-state index contributed by atoms with van der Waals surface area (Å²) < 4.78 is 1.91. The molecule has 0 spiro atoms. The van der Waals surface area contributed by atoms with Crippen molar-refractivity contribution >= 4 is 46.6 Å². The minimum Gasteiger partial charge on any atom is -0.390 e. The van der Waals surface area contributed by atoms with Gasteiger partial charge in [0.25, 0.3) is 0 Å². The van der Waals surface area contributed by atoms with Crippen molar-refractivity contribution in [3.05, 3.63) is 76.0 Å². The minimum atomic E-state index is -0.155. The first-order chi connectivity index (χ1) is 13.0. The Morgan fingerprint density at radius 2 is 1.70 bits per heavy atom. The third-order valence-electron chi connectivity index (χ3n) is 3.68. The van der Waals surface area contributed by atoms with Crippen molar-refractivity contribution in [1.29, 1.82) is 0 Å². The molecule has 0 saturated carbocycles. The summed E-state index contributed by atoms with van der Waals surface area (Å²) >= 11 is 13.1. The van der Waals surface area contributed by atoms with Gasteiger partial charge in [-0.05, 0) is 42.0 Å². The predicted octanol–water partition coefficient (Wildman–Crippen LogP) is 4.46. The van der Waals surface area contributed by atoms with Gasteiger partial charge < -0.3 is 15.0 Å². The van der Waals surface area contributed by atoms with Gasteiger partial charge in [0, 0.05) is 28.5 Å². The quantitative estimate of drug-likeness (QED) is 0.552. The SMILES string of the molecule is O=C(CSc1nc(CO)cn1Cc1ccc(Cl)cc1)Nc1ccc(Cl)cc1. The summed E-state index contributed by atoms with van der Waals surface area (Å²) in [6.45, 7) is 0.420. The molecule has 2 N–H and O–H groups in total. The Labute approximate surface area is 171 Å². The van der Waals surface area contributed by atoms with Crippen LogP contribution in [0.1, 0.15) is 11.3 Å². The van der Waals surface area contributed by atoms with E-state index < -0.39 is 0 Å². The Hall–Kier alpha value is -1.99. The number of thioether (sulfide) groups is 1. The lowest BCUT2D eigenvalue weighted by molar-refractivity contribution is -0.113. The van der Waals surface area contributed by atoms with E-state index in [4.69, 9.17) is 23.2 Å². The summed E-state index contributed by atoms with van der Waals surface area (Å²) in [5, 5.41) is 14.2. The molecule has 1 amide bonds. The van der Waals surface area contributed by atoms with E-state index in [0.29, 0.717) is 33.1 Å². The second-order valence-corrected chi connectivity index (χ2v) is 7.59. The van der Waals surface area contributed by atoms with E-state index in [-0.39, 0.29) is 18.3 Å². The molecule has 140 valence electrons. The van der Waals surface area contributed by atoms with E-state index in [1.807, 2.05) is 28.8 Å². The van der Waals surface area contributed by atoms with Crippen molar-refractivity contribution in [3.8, 4) is 0 Å². The number of nitrogens with zero attached hydrogens (tertiary/aromatic N) is 2. The van der Waals surface area contributed by atoms with Crippen molar-refractivity contribution in [2.75, 3.05) is 11.1 Å². The van der Waals surface area contributed by atoms with Crippen LogP contribution < -0.4 is 5.32 Å². The smallest absolute Gasteiger partial charge is 0.234 e. The van der Waals surface area contributed by atoms with Gasteiger partial charge in [-0.3, -0.25) is 4.79 Å². The zero-order valence-electron chi connectivity index (χ0n) is 14.2. The van der Waals surface area contributed by atoms with E-state index in [1.165, 1.54) is 11.8 Å². The summed E-state index contributed by atoms with van der Waals surface area (Å²) in [5.41, 5.74) is 2.30. The number of rotatable bonds is 7. The molecule has 8 heteroatoms. The van der Waals surface area contributed by atoms with Gasteiger partial charge in [0.05, 0.1) is 18.1 Å². The lowest BCUT2D eigenvalue weighted by Crippen LogP contribution is -2.14. The summed E-state index contributed by atoms with van der Waals surface area (Å²) in [5.74, 6) is 0.0550. The van der Waals surface area contributed by atoms with Crippen LogP contribution in [-0.2, 0) is 17.9 Å². The second-order valence-electron chi connectivity index (χ2n) is 5.77. The molecule has 3 aromatic rings. The van der Waals surface area contributed by atoms with E-state index >= 15 is 0 Å². The Kier molecular flexibility index (Phi) is 6.79. The molecule has 0 aliphatic heterocycles. The van der Waals surface area contributed by atoms with Gasteiger partial charge in [-0.25, -0.2) is 4.98 Å². The standard InChI is InChI=1S/C19H17Cl2N3O2S/c20-14-3-1-13(2-4-14)9-24-10-17(11-25)23-19(24)27-12-18(26)22-16-7-5-15(21)6-8-16/h1-8,10,25H,9,11-12H2,(H,22,26). The molecule has 0 aliphatic rings. The Morgan fingerprint density at radius 3 is 2.33 bits per heavy atom. The van der Waals surface area contributed by atoms with Crippen molar-refractivity contribution in [1.82, 2.24) is 9.55 Å². The Morgan fingerprint density at radius 1 is 1.07 bits per heavy atom. The van der Waals surface area contributed by atoms with Crippen LogP contribution in [0.2, 0.25) is 10.0 Å². The van der Waals surface area contributed by atoms with E-state index in [2.05, 4.69) is 10.3 Å². The summed E-state index contributed by atoms with van der Waals surface area (Å²) in [7, 11) is 0. The molecule has 5 nitrogen and oxygen atoms in total. The number of hydrogen-bond acceptors (Lipinski definition) is 4. The van der Waals surface area contributed by atoms with Crippen molar-refractivity contribution < 1.29 is 9.90 Å². The molecular formula is C19H17Cl2N3O2S. The van der Waals surface area contributed by atoms with Crippen LogP contribution in [0.25, 0.3) is 0 Å². The van der Waals surface area contributed by atoms with Gasteiger partial charge in [-0.2, -0.15) is 0 Å². The van der Waals surface area contributed by atoms with Crippen molar-refractivity contribution in [2.45, 2.75) is 18.3 Å². The molecule has 0 fully saturated rings. The monoisotopic (exact) mass is 421 g/mol. The van der Waals surface area contributed by atoms with E-state index in [9.17, 15) is 9.90 Å². The maximum absolute atomic E-state index is 12.2. The van der Waals surface area contributed by atoms with Gasteiger partial charge in [0.15, 0.2) is 5.16 Å². The molecular weight excluding hydrogens is 405 g/mol. The highest BCUT2D eigenvalue weighted by molar-refractivity contribution is 7.99. The topological polar surface area (TPSA) is 67.1 Å². The maximum atomic E-state index is 12.2. The van der Waals surface area contributed by atoms with Crippen LogP contribution in [-0.4, -0.2) is 26.3 Å². The normalized spacial score (nSPS) is 10.8. The van der Waals surface area contributed by atoms with Crippen molar-refractivity contribution in [3.63, 3.8) is 0 Å². The second kappa shape index (κ2) is 9.28. The molecule has 0 atom stereocenters. The van der Waals surface area contributed by atoms with Gasteiger partial charge >= 0.3 is 0 Å². The molecule has 0 aliphatic carbocycles. The number of amides is 1. The summed E-state index contributed by atoms with van der Waals surface area (Å²) in [6, 6.07) is 14.4. The number of anilines is 1. The van der Waals surface area contributed by atoms with Gasteiger partial charge in [0.2, 0.25) is 5.91 Å². The third kappa shape index (κ3) is 5.74. The maximum Gasteiger partial charge on any atom is 0.234 e. The fourth-order valence-electron chi connectivity index (χ4n) is 2.40. The van der Waals surface area contributed by atoms with Crippen molar-refractivity contribution in [2.24, 2.45) is 0 Å². The summed E-state index contributed by atoms with van der Waals surface area (Å²) in [6.07, 6.45) is 1.79. The molecule has 0 radical (unpaired) electrons. The predicted molar refractivity (Wildman–Crippen MR) is 110 cm³/mol. The largest absolute Gasteiger partial charge is 0.390 e. The zero-order valence-corrected chi connectivity index (χ0v) is 16.6. The molecule has 1 aromatic heterocycles. The van der Waals surface area contributed by atoms with Gasteiger partial charge in [0.1, 0.15) is 0 Å². The number of aliphatic hydroxyl groups excluding tert-OH is 1. The van der Waals surface area contributed by atoms with Crippen LogP contribution in [0.4, 0.5) is 5.69 Å². The molecule has 0 saturated heterocycles. The van der Waals surface area contributed by atoms with Crippen LogP contribution in [0.3, 0.4) is 0 Å². The molecule has 1 heterocycles.